The SMILES string of the molecule is O=C(O)c1ccc(C(=O)O)c(C#Cc2ccc(C34CC5CC(CC(C5)C3)C4)cc2)c1. The number of hydrogen-bond donors (Lipinski definition) is 2. The zero-order valence-electron chi connectivity index (χ0n) is 16.7. The smallest absolute Gasteiger partial charge is 0.336 e. The molecule has 4 aliphatic carbocycles. The molecule has 0 saturated heterocycles. The molecule has 2 aromatic carbocycles. The molecular weight excluding hydrogens is 376 g/mol. The summed E-state index contributed by atoms with van der Waals surface area (Å²) in [5, 5.41) is 18.5. The van der Waals surface area contributed by atoms with Crippen molar-refractivity contribution in [2.75, 3.05) is 0 Å². The van der Waals surface area contributed by atoms with Crippen LogP contribution < -0.4 is 0 Å². The number of hydrogen-bond acceptors (Lipinski definition) is 2. The fraction of sp³-hybridized carbons (Fsp3) is 0.385. The van der Waals surface area contributed by atoms with Gasteiger partial charge in [0.1, 0.15) is 0 Å². The van der Waals surface area contributed by atoms with Gasteiger partial charge in [-0.25, -0.2) is 9.59 Å². The van der Waals surface area contributed by atoms with Crippen molar-refractivity contribution in [3.63, 3.8) is 0 Å². The molecule has 152 valence electrons. The molecule has 0 amide bonds. The second-order valence-corrected chi connectivity index (χ2v) is 9.40. The topological polar surface area (TPSA) is 74.6 Å². The predicted octanol–water partition coefficient (Wildman–Crippen LogP) is 4.95. The van der Waals surface area contributed by atoms with E-state index in [1.807, 2.05) is 12.1 Å². The second kappa shape index (κ2) is 7.02. The molecule has 0 spiro atoms. The summed E-state index contributed by atoms with van der Waals surface area (Å²) < 4.78 is 0. The summed E-state index contributed by atoms with van der Waals surface area (Å²) in [4.78, 5) is 22.7. The first-order valence-electron chi connectivity index (χ1n) is 10.6. The number of carbonyl (C=O) groups is 2. The molecule has 0 aromatic heterocycles. The maximum atomic E-state index is 11.4. The Labute approximate surface area is 175 Å². The van der Waals surface area contributed by atoms with Crippen molar-refractivity contribution in [1.82, 2.24) is 0 Å². The summed E-state index contributed by atoms with van der Waals surface area (Å²) in [6, 6.07) is 12.3. The Morgan fingerprint density at radius 1 is 0.800 bits per heavy atom. The summed E-state index contributed by atoms with van der Waals surface area (Å²) in [6.45, 7) is 0. The Morgan fingerprint density at radius 3 is 1.93 bits per heavy atom. The molecule has 4 nitrogen and oxygen atoms in total. The monoisotopic (exact) mass is 400 g/mol. The van der Waals surface area contributed by atoms with Crippen LogP contribution in [0.1, 0.15) is 75.9 Å². The van der Waals surface area contributed by atoms with E-state index in [9.17, 15) is 19.8 Å². The fourth-order valence-electron chi connectivity index (χ4n) is 6.48. The Bertz CT molecular complexity index is 1050. The fourth-order valence-corrected chi connectivity index (χ4v) is 6.48. The first-order valence-corrected chi connectivity index (χ1v) is 10.6. The van der Waals surface area contributed by atoms with Crippen LogP contribution in [0, 0.1) is 29.6 Å². The van der Waals surface area contributed by atoms with E-state index < -0.39 is 11.9 Å². The zero-order valence-corrected chi connectivity index (χ0v) is 16.7. The summed E-state index contributed by atoms with van der Waals surface area (Å²) in [5.74, 6) is 6.35. The van der Waals surface area contributed by atoms with E-state index in [2.05, 4.69) is 24.0 Å². The highest BCUT2D eigenvalue weighted by Crippen LogP contribution is 2.60. The molecule has 0 heterocycles. The highest BCUT2D eigenvalue weighted by atomic mass is 16.4. The minimum Gasteiger partial charge on any atom is -0.478 e. The molecule has 0 aliphatic heterocycles. The molecule has 4 heteroatoms. The van der Waals surface area contributed by atoms with Crippen LogP contribution in [-0.4, -0.2) is 22.2 Å². The Morgan fingerprint density at radius 2 is 1.40 bits per heavy atom. The van der Waals surface area contributed by atoms with Gasteiger partial charge in [0.15, 0.2) is 0 Å². The van der Waals surface area contributed by atoms with Crippen molar-refractivity contribution in [2.24, 2.45) is 17.8 Å². The van der Waals surface area contributed by atoms with E-state index in [0.717, 1.165) is 23.3 Å². The molecule has 0 unspecified atom stereocenters. The van der Waals surface area contributed by atoms with Crippen LogP contribution in [0.3, 0.4) is 0 Å². The second-order valence-electron chi connectivity index (χ2n) is 9.40. The van der Waals surface area contributed by atoms with Gasteiger partial charge in [0.05, 0.1) is 11.1 Å². The lowest BCUT2D eigenvalue weighted by molar-refractivity contribution is -0.00519. The first-order chi connectivity index (χ1) is 14.4. The summed E-state index contributed by atoms with van der Waals surface area (Å²) in [7, 11) is 0. The predicted molar refractivity (Wildman–Crippen MR) is 113 cm³/mol. The number of carboxylic acid groups (broad SMARTS) is 2. The molecule has 2 N–H and O–H groups in total. The van der Waals surface area contributed by atoms with Crippen molar-refractivity contribution in [3.8, 4) is 11.8 Å². The van der Waals surface area contributed by atoms with Crippen LogP contribution >= 0.6 is 0 Å². The number of rotatable bonds is 3. The van der Waals surface area contributed by atoms with E-state index in [1.165, 1.54) is 62.3 Å². The summed E-state index contributed by atoms with van der Waals surface area (Å²) in [6.07, 6.45) is 8.20. The lowest BCUT2D eigenvalue weighted by Gasteiger charge is -2.57. The van der Waals surface area contributed by atoms with Gasteiger partial charge >= 0.3 is 11.9 Å². The molecule has 30 heavy (non-hydrogen) atoms. The van der Waals surface area contributed by atoms with Crippen LogP contribution in [0.15, 0.2) is 42.5 Å². The average molecular weight is 400 g/mol. The number of benzene rings is 2. The summed E-state index contributed by atoms with van der Waals surface area (Å²) >= 11 is 0. The molecule has 4 aliphatic rings. The highest BCUT2D eigenvalue weighted by molar-refractivity contribution is 5.94. The zero-order chi connectivity index (χ0) is 20.9. The Kier molecular flexibility index (Phi) is 4.43. The molecule has 4 fully saturated rings. The Balaban J connectivity index is 1.42. The van der Waals surface area contributed by atoms with Crippen molar-refractivity contribution in [1.29, 1.82) is 0 Å². The van der Waals surface area contributed by atoms with Gasteiger partial charge in [-0.1, -0.05) is 24.0 Å². The molecule has 2 aromatic rings. The minimum absolute atomic E-state index is 0.0117. The van der Waals surface area contributed by atoms with Crippen LogP contribution in [0.2, 0.25) is 0 Å². The van der Waals surface area contributed by atoms with Crippen molar-refractivity contribution >= 4 is 11.9 Å². The van der Waals surface area contributed by atoms with Gasteiger partial charge < -0.3 is 10.2 Å². The summed E-state index contributed by atoms with van der Waals surface area (Å²) in [5.41, 5.74) is 2.83. The van der Waals surface area contributed by atoms with Crippen molar-refractivity contribution < 1.29 is 19.8 Å². The van der Waals surface area contributed by atoms with E-state index in [4.69, 9.17) is 0 Å². The Hall–Kier alpha value is -3.06. The molecule has 6 rings (SSSR count). The maximum Gasteiger partial charge on any atom is 0.336 e. The highest BCUT2D eigenvalue weighted by Gasteiger charge is 2.51. The van der Waals surface area contributed by atoms with E-state index >= 15 is 0 Å². The minimum atomic E-state index is -1.12. The maximum absolute atomic E-state index is 11.4. The van der Waals surface area contributed by atoms with Gasteiger partial charge in [-0.15, -0.1) is 0 Å². The van der Waals surface area contributed by atoms with Gasteiger partial charge in [0.2, 0.25) is 0 Å². The van der Waals surface area contributed by atoms with Gasteiger partial charge in [-0.05, 0) is 97.6 Å². The standard InChI is InChI=1S/C26H24O4/c27-24(28)21-5-8-23(25(29)30)20(12-21)4-1-16-2-6-22(7-3-16)26-13-17-9-18(14-26)11-19(10-17)15-26/h2-3,5-8,12,17-19H,9-11,13-15H2,(H,27,28)(H,29,30). The molecular formula is C26H24O4. The van der Waals surface area contributed by atoms with Crippen LogP contribution in [0.25, 0.3) is 0 Å². The van der Waals surface area contributed by atoms with Crippen molar-refractivity contribution in [2.45, 2.75) is 43.9 Å². The number of aromatic carboxylic acids is 2. The first kappa shape index (κ1) is 18.9. The van der Waals surface area contributed by atoms with Gasteiger partial charge in [-0.3, -0.25) is 0 Å². The van der Waals surface area contributed by atoms with E-state index in [0.29, 0.717) is 5.41 Å². The lowest BCUT2D eigenvalue weighted by Crippen LogP contribution is -2.48. The third-order valence-corrected chi connectivity index (χ3v) is 7.37. The number of carboxylic acids is 2. The molecule has 0 radical (unpaired) electrons. The van der Waals surface area contributed by atoms with Gasteiger partial charge in [-0.2, -0.15) is 0 Å². The quantitative estimate of drug-likeness (QED) is 0.715. The lowest BCUT2D eigenvalue weighted by atomic mass is 9.48. The third-order valence-electron chi connectivity index (χ3n) is 7.37. The van der Waals surface area contributed by atoms with Crippen LogP contribution in [0.5, 0.6) is 0 Å². The van der Waals surface area contributed by atoms with Crippen LogP contribution in [0.4, 0.5) is 0 Å². The van der Waals surface area contributed by atoms with Gasteiger partial charge in [0, 0.05) is 11.1 Å². The average Bonchev–Trinajstić information content (AvgIpc) is 2.71. The van der Waals surface area contributed by atoms with Gasteiger partial charge in [0.25, 0.3) is 0 Å². The largest absolute Gasteiger partial charge is 0.478 e. The normalized spacial score (nSPS) is 28.6. The molecule has 4 saturated carbocycles. The third kappa shape index (κ3) is 3.29. The molecule has 0 atom stereocenters. The van der Waals surface area contributed by atoms with E-state index in [-0.39, 0.29) is 16.7 Å². The van der Waals surface area contributed by atoms with Crippen LogP contribution in [-0.2, 0) is 5.41 Å². The molecule has 4 bridgehead atoms. The van der Waals surface area contributed by atoms with Crippen molar-refractivity contribution in [3.05, 3.63) is 70.3 Å². The van der Waals surface area contributed by atoms with E-state index in [1.54, 1.807) is 0 Å².